The highest BCUT2D eigenvalue weighted by Crippen LogP contribution is 2.28. The van der Waals surface area contributed by atoms with E-state index in [4.69, 9.17) is 34.7 Å². The number of hydrogen-bond donors (Lipinski definition) is 3. The van der Waals surface area contributed by atoms with Crippen molar-refractivity contribution in [3.05, 3.63) is 64.3 Å². The molecule has 1 aliphatic rings. The number of anilines is 1. The van der Waals surface area contributed by atoms with Crippen LogP contribution >= 0.6 is 23.2 Å². The van der Waals surface area contributed by atoms with Crippen LogP contribution in [0.25, 0.3) is 10.9 Å². The number of benzene rings is 2. The number of fused-ring (bicyclic) bond motifs is 1. The van der Waals surface area contributed by atoms with Crippen molar-refractivity contribution >= 4 is 57.6 Å². The molecule has 0 unspecified atom stereocenters. The SMILES string of the molecule is NC(=O)n1cc(NC(=O)N2C[C@@H](N)C[C@H]2C(=O)CCc2cc(Cl)cc(Cl)c2)c2ccccc21. The summed E-state index contributed by atoms with van der Waals surface area (Å²) in [6.45, 7) is 0.250. The molecule has 2 atom stereocenters. The Balaban J connectivity index is 1.49. The smallest absolute Gasteiger partial charge is 0.323 e. The third-order valence-electron chi connectivity index (χ3n) is 5.74. The number of aryl methyl sites for hydroxylation is 1. The molecule has 4 rings (SSSR count). The zero-order valence-electron chi connectivity index (χ0n) is 17.6. The normalized spacial score (nSPS) is 18.0. The van der Waals surface area contributed by atoms with Crippen LogP contribution in [0.5, 0.6) is 0 Å². The molecule has 33 heavy (non-hydrogen) atoms. The van der Waals surface area contributed by atoms with Gasteiger partial charge in [-0.1, -0.05) is 41.4 Å². The van der Waals surface area contributed by atoms with Gasteiger partial charge in [-0.15, -0.1) is 0 Å². The highest BCUT2D eigenvalue weighted by atomic mass is 35.5. The van der Waals surface area contributed by atoms with Gasteiger partial charge in [0, 0.05) is 40.6 Å². The summed E-state index contributed by atoms with van der Waals surface area (Å²) in [7, 11) is 0. The van der Waals surface area contributed by atoms with Gasteiger partial charge in [-0.05, 0) is 42.7 Å². The van der Waals surface area contributed by atoms with Gasteiger partial charge in [-0.2, -0.15) is 0 Å². The van der Waals surface area contributed by atoms with E-state index in [9.17, 15) is 14.4 Å². The van der Waals surface area contributed by atoms with Crippen LogP contribution < -0.4 is 16.8 Å². The number of nitrogens with one attached hydrogen (secondary N) is 1. The van der Waals surface area contributed by atoms with Gasteiger partial charge in [0.25, 0.3) is 0 Å². The fourth-order valence-electron chi connectivity index (χ4n) is 4.24. The van der Waals surface area contributed by atoms with Gasteiger partial charge in [0.2, 0.25) is 0 Å². The number of halogens is 2. The highest BCUT2D eigenvalue weighted by molar-refractivity contribution is 6.34. The van der Waals surface area contributed by atoms with Gasteiger partial charge in [0.1, 0.15) is 0 Å². The third-order valence-corrected chi connectivity index (χ3v) is 6.18. The number of aromatic nitrogens is 1. The Morgan fingerprint density at radius 3 is 2.48 bits per heavy atom. The molecular formula is C23H23Cl2N5O3. The minimum absolute atomic E-state index is 0.0891. The molecule has 3 amide bonds. The van der Waals surface area contributed by atoms with E-state index >= 15 is 0 Å². The number of amides is 3. The molecule has 2 aromatic carbocycles. The monoisotopic (exact) mass is 487 g/mol. The van der Waals surface area contributed by atoms with Crippen molar-refractivity contribution in [2.75, 3.05) is 11.9 Å². The molecule has 1 aromatic heterocycles. The number of rotatable bonds is 5. The van der Waals surface area contributed by atoms with E-state index in [0.717, 1.165) is 5.56 Å². The summed E-state index contributed by atoms with van der Waals surface area (Å²) < 4.78 is 1.26. The number of ketones is 1. The molecule has 3 aromatic rings. The average molecular weight is 488 g/mol. The minimum atomic E-state index is -0.663. The second kappa shape index (κ2) is 9.43. The van der Waals surface area contributed by atoms with Gasteiger partial charge in [0.05, 0.1) is 17.2 Å². The fraction of sp³-hybridized carbons (Fsp3) is 0.261. The Bertz CT molecular complexity index is 1220. The van der Waals surface area contributed by atoms with Crippen LogP contribution in [0.15, 0.2) is 48.7 Å². The first-order chi connectivity index (χ1) is 15.7. The predicted molar refractivity (Wildman–Crippen MR) is 129 cm³/mol. The highest BCUT2D eigenvalue weighted by Gasteiger charge is 2.38. The van der Waals surface area contributed by atoms with Crippen molar-refractivity contribution in [1.29, 1.82) is 0 Å². The Morgan fingerprint density at radius 1 is 1.09 bits per heavy atom. The Kier molecular flexibility index (Phi) is 6.60. The topological polar surface area (TPSA) is 123 Å². The average Bonchev–Trinajstić information content (AvgIpc) is 3.32. The molecule has 1 fully saturated rings. The van der Waals surface area contributed by atoms with Crippen LogP contribution in [-0.4, -0.2) is 45.9 Å². The van der Waals surface area contributed by atoms with Crippen molar-refractivity contribution in [2.24, 2.45) is 11.5 Å². The van der Waals surface area contributed by atoms with E-state index in [2.05, 4.69) is 5.32 Å². The summed E-state index contributed by atoms with van der Waals surface area (Å²) in [5.41, 5.74) is 13.4. The first-order valence-electron chi connectivity index (χ1n) is 10.4. The van der Waals surface area contributed by atoms with E-state index in [1.165, 1.54) is 15.7 Å². The minimum Gasteiger partial charge on any atom is -0.351 e. The number of urea groups is 1. The van der Waals surface area contributed by atoms with Crippen molar-refractivity contribution in [3.8, 4) is 0 Å². The Hall–Kier alpha value is -3.07. The first kappa shape index (κ1) is 23.1. The van der Waals surface area contributed by atoms with Gasteiger partial charge in [0.15, 0.2) is 5.78 Å². The quantitative estimate of drug-likeness (QED) is 0.502. The molecule has 10 heteroatoms. The molecule has 0 saturated carbocycles. The fourth-order valence-corrected chi connectivity index (χ4v) is 4.81. The standard InChI is InChI=1S/C23H23Cl2N5O3/c24-14-7-13(8-15(25)9-14)5-6-21(31)20-10-16(26)11-30(20)23(33)28-18-12-29(22(27)32)19-4-2-1-3-17(18)19/h1-4,7-9,12,16,20H,5-6,10-11,26H2,(H2,27,32)(H,28,33)/t16-,20-/m0/s1. The van der Waals surface area contributed by atoms with Crippen LogP contribution in [-0.2, 0) is 11.2 Å². The lowest BCUT2D eigenvalue weighted by molar-refractivity contribution is -0.122. The molecule has 0 radical (unpaired) electrons. The zero-order chi connectivity index (χ0) is 23.7. The summed E-state index contributed by atoms with van der Waals surface area (Å²) in [6.07, 6.45) is 2.53. The van der Waals surface area contributed by atoms with E-state index in [0.29, 0.717) is 39.5 Å². The lowest BCUT2D eigenvalue weighted by atomic mass is 10.0. The molecule has 8 nitrogen and oxygen atoms in total. The molecule has 172 valence electrons. The number of likely N-dealkylation sites (tertiary alicyclic amines) is 1. The van der Waals surface area contributed by atoms with Crippen LogP contribution in [0.3, 0.4) is 0 Å². The van der Waals surface area contributed by atoms with Crippen molar-refractivity contribution < 1.29 is 14.4 Å². The predicted octanol–water partition coefficient (Wildman–Crippen LogP) is 4.01. The second-order valence-corrected chi connectivity index (χ2v) is 8.98. The third kappa shape index (κ3) is 4.98. The molecule has 0 spiro atoms. The molecule has 0 aliphatic carbocycles. The number of para-hydroxylation sites is 1. The van der Waals surface area contributed by atoms with E-state index in [1.54, 1.807) is 42.5 Å². The maximum Gasteiger partial charge on any atom is 0.323 e. The van der Waals surface area contributed by atoms with Crippen molar-refractivity contribution in [3.63, 3.8) is 0 Å². The maximum absolute atomic E-state index is 13.1. The van der Waals surface area contributed by atoms with Crippen LogP contribution in [0, 0.1) is 0 Å². The lowest BCUT2D eigenvalue weighted by Gasteiger charge is -2.23. The van der Waals surface area contributed by atoms with Crippen LogP contribution in [0.2, 0.25) is 10.0 Å². The lowest BCUT2D eigenvalue weighted by Crippen LogP contribution is -2.43. The number of Topliss-reactive ketones (excluding diaryl/α,β-unsaturated/α-hetero) is 1. The number of nitrogens with two attached hydrogens (primary N) is 2. The summed E-state index contributed by atoms with van der Waals surface area (Å²) in [6, 6.07) is 10.2. The van der Waals surface area contributed by atoms with Gasteiger partial charge in [-0.25, -0.2) is 9.59 Å². The van der Waals surface area contributed by atoms with Crippen molar-refractivity contribution in [1.82, 2.24) is 9.47 Å². The molecule has 1 saturated heterocycles. The second-order valence-electron chi connectivity index (χ2n) is 8.11. The van der Waals surface area contributed by atoms with Crippen molar-refractivity contribution in [2.45, 2.75) is 31.3 Å². The Labute approximate surface area is 200 Å². The summed E-state index contributed by atoms with van der Waals surface area (Å²) in [4.78, 5) is 39.3. The maximum atomic E-state index is 13.1. The number of primary amides is 1. The van der Waals surface area contributed by atoms with Gasteiger partial charge >= 0.3 is 12.1 Å². The molecular weight excluding hydrogens is 465 g/mol. The molecule has 0 bridgehead atoms. The number of hydrogen-bond acceptors (Lipinski definition) is 4. The molecule has 1 aliphatic heterocycles. The van der Waals surface area contributed by atoms with E-state index < -0.39 is 18.1 Å². The Morgan fingerprint density at radius 2 is 1.79 bits per heavy atom. The molecule has 2 heterocycles. The van der Waals surface area contributed by atoms with E-state index in [-0.39, 0.29) is 24.8 Å². The summed E-state index contributed by atoms with van der Waals surface area (Å²) >= 11 is 12.1. The first-order valence-corrected chi connectivity index (χ1v) is 11.2. The van der Waals surface area contributed by atoms with E-state index in [1.807, 2.05) is 0 Å². The van der Waals surface area contributed by atoms with Gasteiger partial charge < -0.3 is 21.7 Å². The molecule has 5 N–H and O–H groups in total. The summed E-state index contributed by atoms with van der Waals surface area (Å²) in [5, 5.41) is 4.48. The largest absolute Gasteiger partial charge is 0.351 e. The zero-order valence-corrected chi connectivity index (χ0v) is 19.1. The number of nitrogens with zero attached hydrogens (tertiary/aromatic N) is 2. The van der Waals surface area contributed by atoms with Crippen LogP contribution in [0.1, 0.15) is 18.4 Å². The number of carbonyl (C=O) groups is 3. The number of carbonyl (C=O) groups excluding carboxylic acids is 3. The van der Waals surface area contributed by atoms with Crippen LogP contribution in [0.4, 0.5) is 15.3 Å². The van der Waals surface area contributed by atoms with Gasteiger partial charge in [-0.3, -0.25) is 9.36 Å². The summed E-state index contributed by atoms with van der Waals surface area (Å²) in [5.74, 6) is -0.0891.